The van der Waals surface area contributed by atoms with Crippen LogP contribution in [-0.2, 0) is 4.79 Å². The number of hydrazone groups is 1. The van der Waals surface area contributed by atoms with Gasteiger partial charge in [-0.05, 0) is 38.1 Å². The van der Waals surface area contributed by atoms with Gasteiger partial charge in [-0.1, -0.05) is 13.0 Å². The van der Waals surface area contributed by atoms with E-state index in [0.29, 0.717) is 30.9 Å². The standard InChI is InChI=1S/C22H31N5O4/c1-4-20(25-10-8-24(3)9-11-25)27-21(29)14-26(22(27)30)23-18-7-12-31-19-6-5-16(15(2)28)13-17(18)19/h5-6,13,15,20,28H,4,7-12,14H2,1-3H3/b23-18+. The molecule has 9 nitrogen and oxygen atoms in total. The Morgan fingerprint density at radius 1 is 1.19 bits per heavy atom. The van der Waals surface area contributed by atoms with E-state index in [1.165, 1.54) is 9.91 Å². The van der Waals surface area contributed by atoms with E-state index in [1.807, 2.05) is 25.1 Å². The Hall–Kier alpha value is -2.49. The number of carbonyl (C=O) groups is 2. The molecule has 9 heteroatoms. The van der Waals surface area contributed by atoms with Gasteiger partial charge in [0.15, 0.2) is 0 Å². The summed E-state index contributed by atoms with van der Waals surface area (Å²) >= 11 is 0. The highest BCUT2D eigenvalue weighted by atomic mass is 16.5. The molecule has 0 bridgehead atoms. The van der Waals surface area contributed by atoms with Crippen molar-refractivity contribution in [2.24, 2.45) is 5.10 Å². The zero-order valence-corrected chi connectivity index (χ0v) is 18.5. The number of ether oxygens (including phenoxy) is 1. The summed E-state index contributed by atoms with van der Waals surface area (Å²) in [4.78, 5) is 31.9. The van der Waals surface area contributed by atoms with Crippen LogP contribution in [0.5, 0.6) is 5.75 Å². The number of benzene rings is 1. The first-order valence-corrected chi connectivity index (χ1v) is 11.0. The van der Waals surface area contributed by atoms with Crippen LogP contribution in [0.15, 0.2) is 23.3 Å². The third-order valence-electron chi connectivity index (χ3n) is 6.24. The number of aliphatic hydroxyl groups excluding tert-OH is 1. The van der Waals surface area contributed by atoms with Gasteiger partial charge in [0.25, 0.3) is 5.91 Å². The second-order valence-electron chi connectivity index (χ2n) is 8.41. The van der Waals surface area contributed by atoms with Crippen LogP contribution < -0.4 is 4.74 Å². The number of rotatable bonds is 5. The molecule has 1 aromatic rings. The van der Waals surface area contributed by atoms with Crippen molar-refractivity contribution < 1.29 is 19.4 Å². The largest absolute Gasteiger partial charge is 0.492 e. The van der Waals surface area contributed by atoms with Crippen molar-refractivity contribution in [1.82, 2.24) is 19.7 Å². The van der Waals surface area contributed by atoms with Crippen molar-refractivity contribution in [2.75, 3.05) is 46.4 Å². The summed E-state index contributed by atoms with van der Waals surface area (Å²) in [5, 5.41) is 15.8. The fourth-order valence-electron chi connectivity index (χ4n) is 4.40. The first-order valence-electron chi connectivity index (χ1n) is 11.0. The number of hydrogen-bond donors (Lipinski definition) is 1. The third kappa shape index (κ3) is 4.30. The van der Waals surface area contributed by atoms with Crippen LogP contribution in [0.2, 0.25) is 0 Å². The van der Waals surface area contributed by atoms with E-state index in [-0.39, 0.29) is 24.6 Å². The minimum atomic E-state index is -0.618. The van der Waals surface area contributed by atoms with E-state index in [2.05, 4.69) is 21.9 Å². The molecule has 0 aromatic heterocycles. The first kappa shape index (κ1) is 21.7. The second-order valence-corrected chi connectivity index (χ2v) is 8.41. The fourth-order valence-corrected chi connectivity index (χ4v) is 4.40. The van der Waals surface area contributed by atoms with Gasteiger partial charge in [-0.25, -0.2) is 14.7 Å². The molecule has 3 heterocycles. The molecule has 168 valence electrons. The predicted octanol–water partition coefficient (Wildman–Crippen LogP) is 1.47. The van der Waals surface area contributed by atoms with Gasteiger partial charge in [-0.2, -0.15) is 5.10 Å². The molecule has 2 atom stereocenters. The van der Waals surface area contributed by atoms with E-state index in [0.717, 1.165) is 37.3 Å². The van der Waals surface area contributed by atoms with Crippen LogP contribution >= 0.6 is 0 Å². The Kier molecular flexibility index (Phi) is 6.27. The number of hydrogen-bond acceptors (Lipinski definition) is 7. The van der Waals surface area contributed by atoms with Crippen LogP contribution in [0, 0.1) is 0 Å². The summed E-state index contributed by atoms with van der Waals surface area (Å²) in [6.45, 7) is 7.59. The predicted molar refractivity (Wildman–Crippen MR) is 116 cm³/mol. The molecule has 3 amide bonds. The van der Waals surface area contributed by atoms with Crippen LogP contribution in [0.4, 0.5) is 4.79 Å². The Labute approximate surface area is 182 Å². The lowest BCUT2D eigenvalue weighted by atomic mass is 9.99. The molecule has 1 aromatic carbocycles. The minimum absolute atomic E-state index is 0.0567. The van der Waals surface area contributed by atoms with Crippen molar-refractivity contribution in [3.05, 3.63) is 29.3 Å². The Balaban J connectivity index is 1.57. The number of likely N-dealkylation sites (N-methyl/N-ethyl adjacent to an activating group) is 1. The lowest BCUT2D eigenvalue weighted by Crippen LogP contribution is -2.56. The monoisotopic (exact) mass is 429 g/mol. The smallest absolute Gasteiger partial charge is 0.349 e. The van der Waals surface area contributed by atoms with E-state index < -0.39 is 6.10 Å². The lowest BCUT2D eigenvalue weighted by molar-refractivity contribution is -0.130. The Morgan fingerprint density at radius 3 is 2.61 bits per heavy atom. The number of amides is 3. The third-order valence-corrected chi connectivity index (χ3v) is 6.24. The summed E-state index contributed by atoms with van der Waals surface area (Å²) in [7, 11) is 2.08. The van der Waals surface area contributed by atoms with Crippen molar-refractivity contribution in [1.29, 1.82) is 0 Å². The molecule has 0 spiro atoms. The van der Waals surface area contributed by atoms with Gasteiger partial charge in [-0.15, -0.1) is 0 Å². The molecule has 1 N–H and O–H groups in total. The topological polar surface area (TPSA) is 88.9 Å². The van der Waals surface area contributed by atoms with Crippen molar-refractivity contribution >= 4 is 17.6 Å². The number of carbonyl (C=O) groups excluding carboxylic acids is 2. The quantitative estimate of drug-likeness (QED) is 0.713. The number of nitrogens with zero attached hydrogens (tertiary/aromatic N) is 5. The fraction of sp³-hybridized carbons (Fsp3) is 0.591. The number of aliphatic hydroxyl groups is 1. The highest BCUT2D eigenvalue weighted by molar-refractivity contribution is 6.06. The zero-order valence-electron chi connectivity index (χ0n) is 18.5. The van der Waals surface area contributed by atoms with Crippen LogP contribution in [-0.4, -0.2) is 95.0 Å². The summed E-state index contributed by atoms with van der Waals surface area (Å²) in [6.07, 6.45) is 0.347. The number of piperazine rings is 1. The van der Waals surface area contributed by atoms with Gasteiger partial charge < -0.3 is 14.7 Å². The minimum Gasteiger partial charge on any atom is -0.492 e. The first-order chi connectivity index (χ1) is 14.9. The molecule has 2 unspecified atom stereocenters. The number of imide groups is 1. The van der Waals surface area contributed by atoms with Crippen molar-refractivity contribution in [3.63, 3.8) is 0 Å². The van der Waals surface area contributed by atoms with Crippen LogP contribution in [0.3, 0.4) is 0 Å². The van der Waals surface area contributed by atoms with Gasteiger partial charge in [0.05, 0.1) is 24.6 Å². The molecular weight excluding hydrogens is 398 g/mol. The average Bonchev–Trinajstić information content (AvgIpc) is 3.03. The van der Waals surface area contributed by atoms with Crippen LogP contribution in [0.1, 0.15) is 43.9 Å². The molecule has 0 radical (unpaired) electrons. The maximum atomic E-state index is 13.2. The zero-order chi connectivity index (χ0) is 22.1. The molecule has 0 saturated carbocycles. The molecular formula is C22H31N5O4. The maximum absolute atomic E-state index is 13.2. The Morgan fingerprint density at radius 2 is 1.94 bits per heavy atom. The summed E-state index contributed by atoms with van der Waals surface area (Å²) in [5.74, 6) is 0.457. The Bertz CT molecular complexity index is 879. The average molecular weight is 430 g/mol. The SMILES string of the molecule is CCC(N1CCN(C)CC1)N1C(=O)CN(/N=C2\CCOc3ccc(C(C)O)cc32)C1=O. The summed E-state index contributed by atoms with van der Waals surface area (Å²) < 4.78 is 5.71. The van der Waals surface area contributed by atoms with Gasteiger partial charge in [0.2, 0.25) is 0 Å². The number of fused-ring (bicyclic) bond motifs is 1. The maximum Gasteiger partial charge on any atom is 0.349 e. The molecule has 2 saturated heterocycles. The van der Waals surface area contributed by atoms with Crippen LogP contribution in [0.25, 0.3) is 0 Å². The molecule has 2 fully saturated rings. The van der Waals surface area contributed by atoms with Crippen molar-refractivity contribution in [2.45, 2.75) is 39.0 Å². The molecule has 4 rings (SSSR count). The van der Waals surface area contributed by atoms with Gasteiger partial charge >= 0.3 is 6.03 Å². The second kappa shape index (κ2) is 8.94. The molecule has 0 aliphatic carbocycles. The highest BCUT2D eigenvalue weighted by Crippen LogP contribution is 2.29. The summed E-state index contributed by atoms with van der Waals surface area (Å²) in [5.41, 5.74) is 2.21. The summed E-state index contributed by atoms with van der Waals surface area (Å²) in [6, 6.07) is 5.11. The van der Waals surface area contributed by atoms with Gasteiger partial charge in [-0.3, -0.25) is 9.69 Å². The van der Waals surface area contributed by atoms with Crippen molar-refractivity contribution in [3.8, 4) is 5.75 Å². The van der Waals surface area contributed by atoms with E-state index >= 15 is 0 Å². The molecule has 3 aliphatic rings. The molecule has 31 heavy (non-hydrogen) atoms. The van der Waals surface area contributed by atoms with Gasteiger partial charge in [0.1, 0.15) is 12.3 Å². The van der Waals surface area contributed by atoms with Gasteiger partial charge in [0, 0.05) is 38.2 Å². The lowest BCUT2D eigenvalue weighted by Gasteiger charge is -2.40. The van der Waals surface area contributed by atoms with E-state index in [4.69, 9.17) is 4.74 Å². The number of urea groups is 1. The van der Waals surface area contributed by atoms with E-state index in [9.17, 15) is 14.7 Å². The highest BCUT2D eigenvalue weighted by Gasteiger charge is 2.43. The normalized spacial score (nSPS) is 23.8. The molecule has 3 aliphatic heterocycles. The van der Waals surface area contributed by atoms with E-state index in [1.54, 1.807) is 6.92 Å².